The fourth-order valence-corrected chi connectivity index (χ4v) is 3.88. The van der Waals surface area contributed by atoms with Crippen LogP contribution >= 0.6 is 24.8 Å². The molecule has 1 aliphatic rings. The number of nitrogens with zero attached hydrogens (tertiary/aromatic N) is 1. The Morgan fingerprint density at radius 3 is 2.46 bits per heavy atom. The average Bonchev–Trinajstić information content (AvgIpc) is 2.62. The highest BCUT2D eigenvalue weighted by Crippen LogP contribution is 2.38. The molecule has 2 N–H and O–H groups in total. The molecule has 0 heterocycles. The first kappa shape index (κ1) is 25.3. The number of halogens is 2. The molecular weight excluding hydrogens is 371 g/mol. The molecule has 0 fully saturated rings. The SMILES string of the molecule is CCCN(CCCCCN)[C@H]1CCc2c(ccc(OC)c2OC)C1.Cl.Cl. The van der Waals surface area contributed by atoms with Crippen LogP contribution in [-0.2, 0) is 12.8 Å². The molecule has 0 spiro atoms. The topological polar surface area (TPSA) is 47.7 Å². The summed E-state index contributed by atoms with van der Waals surface area (Å²) in [5, 5.41) is 0. The first-order valence-corrected chi connectivity index (χ1v) is 9.42. The second-order valence-electron chi connectivity index (χ2n) is 6.72. The summed E-state index contributed by atoms with van der Waals surface area (Å²) in [6, 6.07) is 4.92. The maximum absolute atomic E-state index is 5.62. The van der Waals surface area contributed by atoms with Crippen LogP contribution in [0, 0.1) is 0 Å². The highest BCUT2D eigenvalue weighted by Gasteiger charge is 2.26. The van der Waals surface area contributed by atoms with Crippen molar-refractivity contribution < 1.29 is 9.47 Å². The third kappa shape index (κ3) is 6.49. The van der Waals surface area contributed by atoms with Gasteiger partial charge >= 0.3 is 0 Å². The summed E-state index contributed by atoms with van der Waals surface area (Å²) in [5.41, 5.74) is 8.38. The zero-order chi connectivity index (χ0) is 17.4. The Balaban J connectivity index is 0.00000312. The van der Waals surface area contributed by atoms with E-state index in [1.54, 1.807) is 14.2 Å². The van der Waals surface area contributed by atoms with E-state index in [4.69, 9.17) is 15.2 Å². The number of hydrogen-bond acceptors (Lipinski definition) is 4. The molecular formula is C20H36Cl2N2O2. The van der Waals surface area contributed by atoms with Crippen molar-refractivity contribution in [3.05, 3.63) is 23.3 Å². The van der Waals surface area contributed by atoms with Crippen molar-refractivity contribution in [3.8, 4) is 11.5 Å². The fraction of sp³-hybridized carbons (Fsp3) is 0.700. The number of benzene rings is 1. The summed E-state index contributed by atoms with van der Waals surface area (Å²) in [7, 11) is 3.45. The number of fused-ring (bicyclic) bond motifs is 1. The Morgan fingerprint density at radius 2 is 1.85 bits per heavy atom. The minimum absolute atomic E-state index is 0. The smallest absolute Gasteiger partial charge is 0.164 e. The molecule has 0 amide bonds. The maximum Gasteiger partial charge on any atom is 0.164 e. The fourth-order valence-electron chi connectivity index (χ4n) is 3.88. The number of ether oxygens (including phenoxy) is 2. The lowest BCUT2D eigenvalue weighted by atomic mass is 9.86. The van der Waals surface area contributed by atoms with Gasteiger partial charge in [-0.25, -0.2) is 0 Å². The van der Waals surface area contributed by atoms with E-state index in [2.05, 4.69) is 17.9 Å². The summed E-state index contributed by atoms with van der Waals surface area (Å²) in [4.78, 5) is 2.69. The van der Waals surface area contributed by atoms with E-state index in [1.165, 1.54) is 49.9 Å². The largest absolute Gasteiger partial charge is 0.493 e. The van der Waals surface area contributed by atoms with Gasteiger partial charge in [0, 0.05) is 11.6 Å². The van der Waals surface area contributed by atoms with Gasteiger partial charge in [-0.2, -0.15) is 0 Å². The zero-order valence-corrected chi connectivity index (χ0v) is 18.1. The highest BCUT2D eigenvalue weighted by atomic mass is 35.5. The molecule has 0 unspecified atom stereocenters. The van der Waals surface area contributed by atoms with Crippen molar-refractivity contribution in [3.63, 3.8) is 0 Å². The van der Waals surface area contributed by atoms with Crippen LogP contribution in [0.1, 0.15) is 50.2 Å². The molecule has 0 aliphatic heterocycles. The van der Waals surface area contributed by atoms with Gasteiger partial charge in [-0.05, 0) is 69.8 Å². The number of rotatable bonds is 10. The Hall–Kier alpha value is -0.680. The van der Waals surface area contributed by atoms with E-state index in [1.807, 2.05) is 6.07 Å². The Bertz CT molecular complexity index is 515. The molecule has 0 bridgehead atoms. The van der Waals surface area contributed by atoms with Crippen LogP contribution in [0.25, 0.3) is 0 Å². The lowest BCUT2D eigenvalue weighted by Crippen LogP contribution is -2.40. The molecule has 1 aromatic carbocycles. The minimum atomic E-state index is 0. The first-order valence-electron chi connectivity index (χ1n) is 9.42. The predicted octanol–water partition coefficient (Wildman–Crippen LogP) is 4.25. The van der Waals surface area contributed by atoms with Crippen molar-refractivity contribution in [2.24, 2.45) is 5.73 Å². The summed E-state index contributed by atoms with van der Waals surface area (Å²) in [5.74, 6) is 1.78. The van der Waals surface area contributed by atoms with Gasteiger partial charge in [0.25, 0.3) is 0 Å². The van der Waals surface area contributed by atoms with Crippen molar-refractivity contribution in [2.45, 2.75) is 57.9 Å². The molecule has 1 aliphatic carbocycles. The molecule has 0 radical (unpaired) electrons. The van der Waals surface area contributed by atoms with Gasteiger partial charge in [-0.1, -0.05) is 19.4 Å². The van der Waals surface area contributed by atoms with E-state index in [9.17, 15) is 0 Å². The second kappa shape index (κ2) is 13.5. The van der Waals surface area contributed by atoms with Gasteiger partial charge in [-0.15, -0.1) is 24.8 Å². The van der Waals surface area contributed by atoms with Crippen molar-refractivity contribution in [1.82, 2.24) is 4.90 Å². The van der Waals surface area contributed by atoms with Crippen LogP contribution in [0.15, 0.2) is 12.1 Å². The summed E-state index contributed by atoms with van der Waals surface area (Å²) < 4.78 is 11.1. The van der Waals surface area contributed by atoms with E-state index in [-0.39, 0.29) is 24.8 Å². The van der Waals surface area contributed by atoms with Crippen LogP contribution in [0.4, 0.5) is 0 Å². The second-order valence-corrected chi connectivity index (χ2v) is 6.72. The molecule has 6 heteroatoms. The van der Waals surface area contributed by atoms with Crippen LogP contribution in [-0.4, -0.2) is 44.8 Å². The van der Waals surface area contributed by atoms with E-state index in [0.29, 0.717) is 6.04 Å². The van der Waals surface area contributed by atoms with Gasteiger partial charge in [-0.3, -0.25) is 0 Å². The van der Waals surface area contributed by atoms with Gasteiger partial charge in [0.05, 0.1) is 14.2 Å². The third-order valence-corrected chi connectivity index (χ3v) is 5.11. The van der Waals surface area contributed by atoms with E-state index < -0.39 is 0 Å². The quantitative estimate of drug-likeness (QED) is 0.590. The predicted molar refractivity (Wildman–Crippen MR) is 115 cm³/mol. The molecule has 1 aromatic rings. The maximum atomic E-state index is 5.62. The van der Waals surface area contributed by atoms with Gasteiger partial charge in [0.2, 0.25) is 0 Å². The van der Waals surface area contributed by atoms with E-state index >= 15 is 0 Å². The molecule has 0 aromatic heterocycles. The lowest BCUT2D eigenvalue weighted by Gasteiger charge is -2.36. The van der Waals surface area contributed by atoms with Gasteiger partial charge in [0.15, 0.2) is 11.5 Å². The first-order chi connectivity index (χ1) is 11.7. The summed E-state index contributed by atoms with van der Waals surface area (Å²) in [6.45, 7) is 5.47. The monoisotopic (exact) mass is 406 g/mol. The summed E-state index contributed by atoms with van der Waals surface area (Å²) in [6.07, 6.45) is 8.25. The lowest BCUT2D eigenvalue weighted by molar-refractivity contribution is 0.175. The van der Waals surface area contributed by atoms with Crippen LogP contribution in [0.2, 0.25) is 0 Å². The van der Waals surface area contributed by atoms with Crippen molar-refractivity contribution in [2.75, 3.05) is 33.9 Å². The van der Waals surface area contributed by atoms with Gasteiger partial charge < -0.3 is 20.1 Å². The Kier molecular flexibility index (Phi) is 13.1. The number of methoxy groups -OCH3 is 2. The number of unbranched alkanes of at least 4 members (excludes halogenated alkanes) is 2. The normalized spacial score (nSPS) is 15.7. The van der Waals surface area contributed by atoms with Crippen LogP contribution in [0.3, 0.4) is 0 Å². The van der Waals surface area contributed by atoms with Crippen molar-refractivity contribution >= 4 is 24.8 Å². The minimum Gasteiger partial charge on any atom is -0.493 e. The van der Waals surface area contributed by atoms with E-state index in [0.717, 1.165) is 37.3 Å². The van der Waals surface area contributed by atoms with Crippen LogP contribution < -0.4 is 15.2 Å². The molecule has 26 heavy (non-hydrogen) atoms. The van der Waals surface area contributed by atoms with Gasteiger partial charge in [0.1, 0.15) is 0 Å². The Morgan fingerprint density at radius 1 is 1.08 bits per heavy atom. The molecule has 1 atom stereocenters. The average molecular weight is 407 g/mol. The number of nitrogens with two attached hydrogens (primary N) is 1. The third-order valence-electron chi connectivity index (χ3n) is 5.11. The highest BCUT2D eigenvalue weighted by molar-refractivity contribution is 5.85. The number of hydrogen-bond donors (Lipinski definition) is 1. The van der Waals surface area contributed by atoms with Crippen molar-refractivity contribution in [1.29, 1.82) is 0 Å². The Labute approximate surface area is 171 Å². The standard InChI is InChI=1S/C20H34N2O2.2ClH/c1-4-13-22(14-7-5-6-12-21)17-9-10-18-16(15-17)8-11-19(23-2)20(18)24-3;;/h8,11,17H,4-7,9-10,12-15,21H2,1-3H3;2*1H/t17-;;/m0../s1. The molecule has 152 valence electrons. The molecule has 0 saturated heterocycles. The zero-order valence-electron chi connectivity index (χ0n) is 16.5. The summed E-state index contributed by atoms with van der Waals surface area (Å²) >= 11 is 0. The molecule has 0 saturated carbocycles. The molecule has 2 rings (SSSR count). The molecule has 4 nitrogen and oxygen atoms in total. The van der Waals surface area contributed by atoms with Crippen LogP contribution in [0.5, 0.6) is 11.5 Å².